The van der Waals surface area contributed by atoms with E-state index in [1.54, 1.807) is 12.1 Å². The fraction of sp³-hybridized carbons (Fsp3) is 0.257. The van der Waals surface area contributed by atoms with Gasteiger partial charge in [-0.3, -0.25) is 58.9 Å². The number of Topliss-reactive ketones (excluding diaryl/α,β-unsaturated/α-hetero) is 4. The molecule has 0 bridgehead atoms. The van der Waals surface area contributed by atoms with Gasteiger partial charge in [0.25, 0.3) is 0 Å². The molecular formula is C70H74Cl2Co2N10O16+2. The Morgan fingerprint density at radius 2 is 0.580 bits per heavy atom. The minimum absolute atomic E-state index is 0. The smallest absolute Gasteiger partial charge is 0.869 e. The van der Waals surface area contributed by atoms with Crippen LogP contribution in [-0.4, -0.2) is 89.3 Å². The van der Waals surface area contributed by atoms with Crippen molar-refractivity contribution in [3.05, 3.63) is 273 Å². The van der Waals surface area contributed by atoms with Crippen LogP contribution in [-0.2, 0) is 82.3 Å². The molecule has 10 rings (SSSR count). The van der Waals surface area contributed by atoms with Gasteiger partial charge in [0, 0.05) is 149 Å². The molecule has 0 radical (unpaired) electrons. The van der Waals surface area contributed by atoms with Crippen LogP contribution in [0.25, 0.3) is 0 Å². The zero-order valence-electron chi connectivity index (χ0n) is 55.8. The number of halogens is 2. The normalized spacial score (nSPS) is 11.6. The first kappa shape index (κ1) is 91.2. The quantitative estimate of drug-likeness (QED) is 0.121. The maximum Gasteiger partial charge on any atom is 3.00 e. The number of nitriles is 2. The fourth-order valence-corrected chi connectivity index (χ4v) is 8.62. The first-order chi connectivity index (χ1) is 46.7. The van der Waals surface area contributed by atoms with Crippen LogP contribution in [0.15, 0.2) is 205 Å². The number of carbonyl (C=O) groups is 4. The second kappa shape index (κ2) is 50.5. The predicted molar refractivity (Wildman–Crippen MR) is 332 cm³/mol. The minimum atomic E-state index is -4.94. The number of ketones is 4. The van der Waals surface area contributed by atoms with Gasteiger partial charge in [-0.05, 0) is 126 Å². The third-order valence-electron chi connectivity index (χ3n) is 12.3. The van der Waals surface area contributed by atoms with Crippen molar-refractivity contribution in [2.75, 3.05) is 26.4 Å². The predicted octanol–water partition coefficient (Wildman–Crippen LogP) is 0.767. The Morgan fingerprint density at radius 3 is 0.780 bits per heavy atom. The molecule has 2 aliphatic carbocycles. The topological polar surface area (TPSA) is 449 Å². The molecule has 2 aliphatic rings. The van der Waals surface area contributed by atoms with Gasteiger partial charge in [0.1, 0.15) is 0 Å². The summed E-state index contributed by atoms with van der Waals surface area (Å²) in [5.74, 6) is -6.30. The van der Waals surface area contributed by atoms with E-state index in [-0.39, 0.29) is 55.8 Å². The largest absolute Gasteiger partial charge is 3.00 e. The number of rotatable bonds is 17. The van der Waals surface area contributed by atoms with Crippen molar-refractivity contribution < 1.29 is 130 Å². The summed E-state index contributed by atoms with van der Waals surface area (Å²) in [4.78, 5) is 81.7. The molecular weight excluding hydrogens is 1430 g/mol. The Morgan fingerprint density at radius 1 is 0.370 bits per heavy atom. The van der Waals surface area contributed by atoms with E-state index in [2.05, 4.69) is 88.2 Å². The molecule has 6 aromatic heterocycles. The molecule has 2 aromatic carbocycles. The molecule has 0 aliphatic heterocycles. The van der Waals surface area contributed by atoms with Gasteiger partial charge in [0.15, 0.2) is 23.1 Å². The fourth-order valence-electron chi connectivity index (χ4n) is 8.62. The van der Waals surface area contributed by atoms with E-state index in [1.807, 2.05) is 127 Å². The van der Waals surface area contributed by atoms with Crippen LogP contribution in [0.3, 0.4) is 0 Å². The van der Waals surface area contributed by atoms with Crippen molar-refractivity contribution in [2.45, 2.75) is 94.7 Å². The number of aryl methyl sites for hydroxylation is 2. The number of pyridine rings is 6. The summed E-state index contributed by atoms with van der Waals surface area (Å²) >= 11 is 0. The number of hydrogen-bond donors (Lipinski definition) is 0. The van der Waals surface area contributed by atoms with Crippen molar-refractivity contribution in [3.8, 4) is 12.1 Å². The first-order valence-electron chi connectivity index (χ1n) is 29.8. The van der Waals surface area contributed by atoms with Crippen molar-refractivity contribution in [2.24, 2.45) is 0 Å². The van der Waals surface area contributed by atoms with Crippen LogP contribution in [0.5, 0.6) is 0 Å². The Hall–Kier alpha value is -8.81. The Labute approximate surface area is 606 Å². The molecule has 0 saturated carbocycles. The van der Waals surface area contributed by atoms with E-state index in [4.69, 9.17) is 57.3 Å². The molecule has 30 heteroatoms. The molecule has 0 fully saturated rings. The van der Waals surface area contributed by atoms with Crippen molar-refractivity contribution >= 4 is 23.1 Å². The summed E-state index contributed by atoms with van der Waals surface area (Å²) in [5.41, 5.74) is 6.43. The molecule has 0 amide bonds. The number of nitrogens with zero attached hydrogens (tertiary/aromatic N) is 10. The van der Waals surface area contributed by atoms with Gasteiger partial charge >= 0.3 is 33.6 Å². The van der Waals surface area contributed by atoms with Crippen LogP contribution in [0.1, 0.15) is 129 Å². The van der Waals surface area contributed by atoms with E-state index in [0.29, 0.717) is 0 Å². The number of hydrogen-bond acceptors (Lipinski definition) is 26. The number of ether oxygens (including phenoxy) is 2. The standard InChI is InChI=1S/C20H10O6.2C19H20N4.2C4H10O.2C2H3N.2ClHO4.2Co/c21-15-9-5-1-3-7-11(9)17(23)19(25)13(15)14-16(22)10-6-2-4-8-12(10)18(24)20(14)26;2*1-16-7-6-10-19(22-16)15-23(13-17-8-2-4-11-20-17)14-18-9-3-5-12-21-18;2*1-3-5-4-2;2*1-2-3;2*2-1(3,4)5;;/h1-8,25-26H;2*2-12H,13-15H2,1H3;2*3-4H2,1-2H3;2*1H3;2*(H,2,3,4,5);;/q;;;;;;;;;2*+3/p-4. The summed E-state index contributed by atoms with van der Waals surface area (Å²) in [6.45, 7) is 22.9. The molecule has 100 heavy (non-hydrogen) atoms. The van der Waals surface area contributed by atoms with Crippen molar-refractivity contribution in [1.82, 2.24) is 39.7 Å². The second-order valence-electron chi connectivity index (χ2n) is 19.7. The van der Waals surface area contributed by atoms with Crippen molar-refractivity contribution in [1.29, 1.82) is 10.5 Å². The van der Waals surface area contributed by atoms with Gasteiger partial charge in [0.05, 0.1) is 46.3 Å². The van der Waals surface area contributed by atoms with E-state index < -0.39 is 66.3 Å². The molecule has 8 aromatic rings. The zero-order chi connectivity index (χ0) is 73.1. The minimum Gasteiger partial charge on any atom is -0.869 e. The van der Waals surface area contributed by atoms with Gasteiger partial charge in [-0.25, -0.2) is 37.3 Å². The van der Waals surface area contributed by atoms with Gasteiger partial charge in [-0.15, -0.1) is 20.5 Å². The summed E-state index contributed by atoms with van der Waals surface area (Å²) < 4.78 is 77.6. The molecule has 0 spiro atoms. The molecule has 0 N–H and O–H groups in total. The second-order valence-corrected chi connectivity index (χ2v) is 21.2. The number of allylic oxidation sites excluding steroid dienone is 4. The molecule has 0 unspecified atom stereocenters. The third kappa shape index (κ3) is 36.9. The van der Waals surface area contributed by atoms with Gasteiger partial charge < -0.3 is 19.7 Å². The summed E-state index contributed by atoms with van der Waals surface area (Å²) in [7, 11) is -9.89. The van der Waals surface area contributed by atoms with Gasteiger partial charge in [-0.1, -0.05) is 84.9 Å². The van der Waals surface area contributed by atoms with Gasteiger partial charge in [-0.2, -0.15) is 10.5 Å². The summed E-state index contributed by atoms with van der Waals surface area (Å²) in [6.07, 6.45) is 7.33. The SMILES string of the molecule is CC#N.CC#N.CCOCC.CCOCC.Cc1cccc(CN(Cc2ccccn2)Cc2ccccn2)n1.Cc1cccc(CN(Cc2ccccn2)Cc2ccccn2)n1.O=C1C([O-])=C(C2=C([O-])C(=O)c3ccccc3C2=O)C(=O)c2ccccc21.[Co+3].[Co+3].[O-][Cl+3]([O-])([O-])[O-].[O-][Cl+3]([O-])([O-])[O-]. The number of aromatic nitrogens is 6. The van der Waals surface area contributed by atoms with E-state index >= 15 is 0 Å². The Kier molecular flexibility index (Phi) is 46.1. The average molecular weight is 1500 g/mol. The monoisotopic (exact) mass is 1500 g/mol. The molecule has 6 heterocycles. The summed E-state index contributed by atoms with van der Waals surface area (Å²) in [6, 6.07) is 51.1. The molecule has 530 valence electrons. The summed E-state index contributed by atoms with van der Waals surface area (Å²) in [5, 5.41) is 39.6. The third-order valence-corrected chi connectivity index (χ3v) is 12.3. The van der Waals surface area contributed by atoms with E-state index in [9.17, 15) is 29.4 Å². The van der Waals surface area contributed by atoms with E-state index in [1.165, 1.54) is 62.4 Å². The van der Waals surface area contributed by atoms with Crippen LogP contribution >= 0.6 is 0 Å². The first-order valence-corrected chi connectivity index (χ1v) is 32.2. The maximum absolute atomic E-state index is 12.7. The molecule has 26 nitrogen and oxygen atoms in total. The van der Waals surface area contributed by atoms with Crippen LogP contribution in [0, 0.1) is 57.0 Å². The number of benzene rings is 2. The number of fused-ring (bicyclic) bond motifs is 2. The van der Waals surface area contributed by atoms with E-state index in [0.717, 1.165) is 111 Å². The number of carbonyl (C=O) groups excluding carboxylic acids is 4. The van der Waals surface area contributed by atoms with Crippen LogP contribution < -0.4 is 47.5 Å². The molecule has 0 atom stereocenters. The van der Waals surface area contributed by atoms with Gasteiger partial charge in [0.2, 0.25) is 0 Å². The van der Waals surface area contributed by atoms with Crippen molar-refractivity contribution in [3.63, 3.8) is 0 Å². The van der Waals surface area contributed by atoms with Crippen LogP contribution in [0.4, 0.5) is 0 Å². The Balaban J connectivity index is 0.00000124. The van der Waals surface area contributed by atoms with Crippen LogP contribution in [0.2, 0.25) is 0 Å². The zero-order valence-corrected chi connectivity index (χ0v) is 59.4. The maximum atomic E-state index is 12.7. The molecule has 0 saturated heterocycles. The Bertz CT molecular complexity index is 3520. The average Bonchev–Trinajstić information content (AvgIpc) is 0.740.